The van der Waals surface area contributed by atoms with Crippen LogP contribution in [0.2, 0.25) is 5.02 Å². The number of fused-ring (bicyclic) bond motifs is 1. The minimum atomic E-state index is -0.0708. The molecule has 0 aliphatic carbocycles. The molecule has 3 heterocycles. The van der Waals surface area contributed by atoms with Gasteiger partial charge in [-0.25, -0.2) is 0 Å². The summed E-state index contributed by atoms with van der Waals surface area (Å²) >= 11 is 6.01. The zero-order valence-electron chi connectivity index (χ0n) is 16.8. The van der Waals surface area contributed by atoms with Crippen molar-refractivity contribution in [3.8, 4) is 28.6 Å². The van der Waals surface area contributed by atoms with Gasteiger partial charge in [0.05, 0.1) is 12.7 Å². The molecule has 2 aromatic carbocycles. The molecule has 160 valence electrons. The van der Waals surface area contributed by atoms with Gasteiger partial charge in [-0.3, -0.25) is 4.79 Å². The number of benzene rings is 2. The lowest BCUT2D eigenvalue weighted by Gasteiger charge is -2.30. The summed E-state index contributed by atoms with van der Waals surface area (Å²) in [4.78, 5) is 19.3. The lowest BCUT2D eigenvalue weighted by atomic mass is 9.96. The molecule has 1 aromatic heterocycles. The van der Waals surface area contributed by atoms with Gasteiger partial charge in [0.1, 0.15) is 5.75 Å². The van der Waals surface area contributed by atoms with Gasteiger partial charge >= 0.3 is 0 Å². The number of rotatable bonds is 4. The van der Waals surface area contributed by atoms with Gasteiger partial charge < -0.3 is 23.6 Å². The van der Waals surface area contributed by atoms with Crippen molar-refractivity contribution in [2.24, 2.45) is 0 Å². The summed E-state index contributed by atoms with van der Waals surface area (Å²) in [5, 5.41) is 4.66. The van der Waals surface area contributed by atoms with Gasteiger partial charge in [0.2, 0.25) is 18.5 Å². The van der Waals surface area contributed by atoms with Crippen LogP contribution >= 0.6 is 11.6 Å². The molecule has 5 rings (SSSR count). The molecule has 8 nitrogen and oxygen atoms in total. The molecular formula is C22H20ClN3O5. The molecule has 2 aliphatic heterocycles. The average Bonchev–Trinajstić information content (AvgIpc) is 3.48. The topological polar surface area (TPSA) is 86.9 Å². The largest absolute Gasteiger partial charge is 0.496 e. The SMILES string of the molecule is COc1cc(Cl)ccc1C(=O)N1CCC(c2nc(-c3ccc4c(c3)OCO4)no2)CC1. The van der Waals surface area contributed by atoms with Crippen LogP contribution in [0.15, 0.2) is 40.9 Å². The summed E-state index contributed by atoms with van der Waals surface area (Å²) in [6.45, 7) is 1.41. The molecule has 9 heteroatoms. The Hall–Kier alpha value is -3.26. The third-order valence-electron chi connectivity index (χ3n) is 5.60. The fourth-order valence-corrected chi connectivity index (χ4v) is 4.06. The van der Waals surface area contributed by atoms with E-state index < -0.39 is 0 Å². The van der Waals surface area contributed by atoms with Crippen LogP contribution in [0.1, 0.15) is 35.0 Å². The quantitative estimate of drug-likeness (QED) is 0.601. The number of ether oxygens (including phenoxy) is 3. The molecule has 1 amide bonds. The maximum Gasteiger partial charge on any atom is 0.257 e. The van der Waals surface area contributed by atoms with E-state index in [4.69, 9.17) is 30.3 Å². The van der Waals surface area contributed by atoms with Crippen molar-refractivity contribution >= 4 is 17.5 Å². The summed E-state index contributed by atoms with van der Waals surface area (Å²) in [6.07, 6.45) is 1.48. The fourth-order valence-electron chi connectivity index (χ4n) is 3.90. The lowest BCUT2D eigenvalue weighted by molar-refractivity contribution is 0.0701. The van der Waals surface area contributed by atoms with E-state index in [1.165, 1.54) is 7.11 Å². The van der Waals surface area contributed by atoms with Crippen LogP contribution in [0, 0.1) is 0 Å². The molecule has 0 radical (unpaired) electrons. The summed E-state index contributed by atoms with van der Waals surface area (Å²) in [5.74, 6) is 2.99. The highest BCUT2D eigenvalue weighted by Crippen LogP contribution is 2.36. The standard InChI is InChI=1S/C22H20ClN3O5/c1-28-18-11-15(23)3-4-16(18)22(27)26-8-6-13(7-9-26)21-24-20(25-31-21)14-2-5-17-19(10-14)30-12-29-17/h2-5,10-11,13H,6-9,12H2,1H3. The molecule has 3 aromatic rings. The summed E-state index contributed by atoms with van der Waals surface area (Å²) in [6, 6.07) is 10.6. The maximum atomic E-state index is 12.9. The van der Waals surface area contributed by atoms with Crippen LogP contribution in [0.25, 0.3) is 11.4 Å². The number of hydrogen-bond acceptors (Lipinski definition) is 7. The number of carbonyl (C=O) groups excluding carboxylic acids is 1. The molecule has 2 aliphatic rings. The molecule has 0 bridgehead atoms. The Bertz CT molecular complexity index is 1120. The second-order valence-corrected chi connectivity index (χ2v) is 7.87. The van der Waals surface area contributed by atoms with Crippen molar-refractivity contribution in [3.05, 3.63) is 52.9 Å². The Labute approximate surface area is 183 Å². The van der Waals surface area contributed by atoms with Gasteiger partial charge in [0.25, 0.3) is 5.91 Å². The van der Waals surface area contributed by atoms with Gasteiger partial charge in [-0.15, -0.1) is 0 Å². The van der Waals surface area contributed by atoms with Crippen LogP contribution in [0.5, 0.6) is 17.2 Å². The number of carbonyl (C=O) groups is 1. The third kappa shape index (κ3) is 3.79. The predicted octanol–water partition coefficient (Wildman–Crippen LogP) is 4.15. The van der Waals surface area contributed by atoms with E-state index in [-0.39, 0.29) is 18.6 Å². The molecule has 1 fully saturated rings. The van der Waals surface area contributed by atoms with E-state index in [9.17, 15) is 4.79 Å². The monoisotopic (exact) mass is 441 g/mol. The number of likely N-dealkylation sites (tertiary alicyclic amines) is 1. The fraction of sp³-hybridized carbons (Fsp3) is 0.318. The second kappa shape index (κ2) is 8.11. The first-order valence-electron chi connectivity index (χ1n) is 9.99. The molecule has 31 heavy (non-hydrogen) atoms. The lowest BCUT2D eigenvalue weighted by Crippen LogP contribution is -2.38. The highest BCUT2D eigenvalue weighted by molar-refractivity contribution is 6.30. The molecule has 0 N–H and O–H groups in total. The molecular weight excluding hydrogens is 422 g/mol. The Morgan fingerprint density at radius 2 is 1.94 bits per heavy atom. The Kier molecular flexibility index (Phi) is 5.15. The van der Waals surface area contributed by atoms with Gasteiger partial charge in [0, 0.05) is 29.6 Å². The minimum absolute atomic E-state index is 0.0708. The molecule has 0 atom stereocenters. The smallest absolute Gasteiger partial charge is 0.257 e. The number of aromatic nitrogens is 2. The van der Waals surface area contributed by atoms with E-state index >= 15 is 0 Å². The van der Waals surface area contributed by atoms with E-state index in [1.807, 2.05) is 23.1 Å². The average molecular weight is 442 g/mol. The Morgan fingerprint density at radius 3 is 2.74 bits per heavy atom. The second-order valence-electron chi connectivity index (χ2n) is 7.44. The number of amides is 1. The Morgan fingerprint density at radius 1 is 1.13 bits per heavy atom. The predicted molar refractivity (Wildman–Crippen MR) is 112 cm³/mol. The number of hydrogen-bond donors (Lipinski definition) is 0. The van der Waals surface area contributed by atoms with Crippen molar-refractivity contribution in [1.82, 2.24) is 15.0 Å². The van der Waals surface area contributed by atoms with E-state index in [0.717, 1.165) is 18.4 Å². The number of methoxy groups -OCH3 is 1. The zero-order chi connectivity index (χ0) is 21.4. The van der Waals surface area contributed by atoms with Gasteiger partial charge in [-0.1, -0.05) is 16.8 Å². The highest BCUT2D eigenvalue weighted by atomic mass is 35.5. The van der Waals surface area contributed by atoms with E-state index in [2.05, 4.69) is 10.1 Å². The highest BCUT2D eigenvalue weighted by Gasteiger charge is 2.29. The normalized spacial score (nSPS) is 15.9. The summed E-state index contributed by atoms with van der Waals surface area (Å²) in [5.41, 5.74) is 1.31. The molecule has 0 spiro atoms. The van der Waals surface area contributed by atoms with Gasteiger partial charge in [0.15, 0.2) is 11.5 Å². The number of piperidine rings is 1. The van der Waals surface area contributed by atoms with Crippen molar-refractivity contribution in [2.75, 3.05) is 27.0 Å². The van der Waals surface area contributed by atoms with Gasteiger partial charge in [-0.05, 0) is 49.2 Å². The van der Waals surface area contributed by atoms with Crippen LogP contribution in [0.4, 0.5) is 0 Å². The van der Waals surface area contributed by atoms with Crippen molar-refractivity contribution in [3.63, 3.8) is 0 Å². The maximum absolute atomic E-state index is 12.9. The first-order valence-corrected chi connectivity index (χ1v) is 10.4. The summed E-state index contributed by atoms with van der Waals surface area (Å²) in [7, 11) is 1.53. The van der Waals surface area contributed by atoms with Crippen molar-refractivity contribution < 1.29 is 23.5 Å². The number of nitrogens with zero attached hydrogens (tertiary/aromatic N) is 3. The first-order chi connectivity index (χ1) is 15.1. The van der Waals surface area contributed by atoms with Gasteiger partial charge in [-0.2, -0.15) is 4.98 Å². The van der Waals surface area contributed by atoms with Crippen LogP contribution in [-0.2, 0) is 0 Å². The van der Waals surface area contributed by atoms with Crippen LogP contribution in [0.3, 0.4) is 0 Å². The van der Waals surface area contributed by atoms with Crippen LogP contribution in [-0.4, -0.2) is 47.9 Å². The van der Waals surface area contributed by atoms with Crippen molar-refractivity contribution in [1.29, 1.82) is 0 Å². The number of halogens is 1. The molecule has 1 saturated heterocycles. The summed E-state index contributed by atoms with van der Waals surface area (Å²) < 4.78 is 21.6. The Balaban J connectivity index is 1.26. The van der Waals surface area contributed by atoms with E-state index in [1.54, 1.807) is 18.2 Å². The van der Waals surface area contributed by atoms with E-state index in [0.29, 0.717) is 52.6 Å². The minimum Gasteiger partial charge on any atom is -0.496 e. The van der Waals surface area contributed by atoms with Crippen molar-refractivity contribution in [2.45, 2.75) is 18.8 Å². The molecule has 0 unspecified atom stereocenters. The third-order valence-corrected chi connectivity index (χ3v) is 5.83. The molecule has 0 saturated carbocycles. The van der Waals surface area contributed by atoms with Crippen LogP contribution < -0.4 is 14.2 Å². The zero-order valence-corrected chi connectivity index (χ0v) is 17.6. The first kappa shape index (κ1) is 19.7.